The van der Waals surface area contributed by atoms with E-state index in [1.165, 1.54) is 51.4 Å². The molecule has 110 valence electrons. The summed E-state index contributed by atoms with van der Waals surface area (Å²) in [6, 6.07) is 0. The minimum absolute atomic E-state index is 0.152. The lowest BCUT2D eigenvalue weighted by Crippen LogP contribution is -2.22. The normalized spacial score (nSPS) is 10.8. The molecule has 0 bridgehead atoms. The molecule has 1 N–H and O–H groups in total. The highest BCUT2D eigenvalue weighted by molar-refractivity contribution is 5.75. The summed E-state index contributed by atoms with van der Waals surface area (Å²) in [6.07, 6.45) is 18.0. The number of unbranched alkanes of at least 4 members (excludes halogenated alkanes) is 7. The maximum atomic E-state index is 11.3. The molecule has 0 aliphatic rings. The van der Waals surface area contributed by atoms with Crippen molar-refractivity contribution in [3.8, 4) is 0 Å². The fourth-order valence-electron chi connectivity index (χ4n) is 1.91. The van der Waals surface area contributed by atoms with E-state index in [1.807, 2.05) is 0 Å². The van der Waals surface area contributed by atoms with Gasteiger partial charge in [0, 0.05) is 13.0 Å². The molecule has 0 aromatic rings. The van der Waals surface area contributed by atoms with Gasteiger partial charge in [0.15, 0.2) is 0 Å². The van der Waals surface area contributed by atoms with Crippen molar-refractivity contribution in [1.82, 2.24) is 5.32 Å². The SMILES string of the molecule is C=CCNC(=O)CCCCCCCC=CCCCC. The molecule has 0 rings (SSSR count). The molecule has 0 spiro atoms. The van der Waals surface area contributed by atoms with Crippen LogP contribution in [0.2, 0.25) is 0 Å². The van der Waals surface area contributed by atoms with Gasteiger partial charge in [-0.1, -0.05) is 57.3 Å². The summed E-state index contributed by atoms with van der Waals surface area (Å²) in [5.74, 6) is 0.152. The maximum Gasteiger partial charge on any atom is 0.220 e. The molecule has 0 saturated carbocycles. The smallest absolute Gasteiger partial charge is 0.220 e. The lowest BCUT2D eigenvalue weighted by atomic mass is 10.1. The predicted octanol–water partition coefficient (Wildman–Crippen LogP) is 4.77. The second-order valence-corrected chi connectivity index (χ2v) is 5.01. The molecule has 0 aliphatic heterocycles. The zero-order valence-electron chi connectivity index (χ0n) is 12.6. The molecule has 0 radical (unpaired) electrons. The summed E-state index contributed by atoms with van der Waals surface area (Å²) < 4.78 is 0. The molecule has 0 fully saturated rings. The second-order valence-electron chi connectivity index (χ2n) is 5.01. The molecule has 0 saturated heterocycles. The van der Waals surface area contributed by atoms with E-state index in [-0.39, 0.29) is 5.91 Å². The minimum Gasteiger partial charge on any atom is -0.353 e. The van der Waals surface area contributed by atoms with Crippen LogP contribution < -0.4 is 5.32 Å². The first-order valence-corrected chi connectivity index (χ1v) is 7.83. The number of allylic oxidation sites excluding steroid dienone is 2. The van der Waals surface area contributed by atoms with E-state index in [4.69, 9.17) is 0 Å². The maximum absolute atomic E-state index is 11.3. The van der Waals surface area contributed by atoms with Crippen LogP contribution in [0, 0.1) is 0 Å². The molecule has 2 heteroatoms. The molecule has 0 aromatic heterocycles. The quantitative estimate of drug-likeness (QED) is 0.377. The Hall–Kier alpha value is -1.05. The highest BCUT2D eigenvalue weighted by Gasteiger charge is 1.98. The van der Waals surface area contributed by atoms with Gasteiger partial charge < -0.3 is 5.32 Å². The van der Waals surface area contributed by atoms with E-state index >= 15 is 0 Å². The van der Waals surface area contributed by atoms with Crippen molar-refractivity contribution in [3.63, 3.8) is 0 Å². The zero-order chi connectivity index (χ0) is 14.2. The third-order valence-corrected chi connectivity index (χ3v) is 3.11. The van der Waals surface area contributed by atoms with Crippen LogP contribution in [-0.2, 0) is 4.79 Å². The second kappa shape index (κ2) is 15.0. The highest BCUT2D eigenvalue weighted by Crippen LogP contribution is 2.08. The van der Waals surface area contributed by atoms with Crippen molar-refractivity contribution in [2.75, 3.05) is 6.54 Å². The van der Waals surface area contributed by atoms with E-state index in [1.54, 1.807) is 6.08 Å². The summed E-state index contributed by atoms with van der Waals surface area (Å²) in [7, 11) is 0. The average Bonchev–Trinajstić information content (AvgIpc) is 2.42. The zero-order valence-corrected chi connectivity index (χ0v) is 12.6. The standard InChI is InChI=1S/C17H31NO/c1-3-5-6-7-8-9-10-11-12-13-14-15-17(19)18-16-4-2/h4,7-8H,2-3,5-6,9-16H2,1H3,(H,18,19). The number of carbonyl (C=O) groups excluding carboxylic acids is 1. The molecule has 0 atom stereocenters. The molecule has 2 nitrogen and oxygen atoms in total. The van der Waals surface area contributed by atoms with Crippen molar-refractivity contribution in [2.24, 2.45) is 0 Å². The van der Waals surface area contributed by atoms with Crippen molar-refractivity contribution in [1.29, 1.82) is 0 Å². The Morgan fingerprint density at radius 3 is 2.32 bits per heavy atom. The molecule has 1 amide bonds. The third kappa shape index (κ3) is 14.9. The van der Waals surface area contributed by atoms with Crippen LogP contribution in [0.25, 0.3) is 0 Å². The van der Waals surface area contributed by atoms with Gasteiger partial charge in [-0.3, -0.25) is 4.79 Å². The van der Waals surface area contributed by atoms with Crippen LogP contribution in [0.3, 0.4) is 0 Å². The minimum atomic E-state index is 0.152. The Morgan fingerprint density at radius 2 is 1.63 bits per heavy atom. The first kappa shape index (κ1) is 17.9. The number of hydrogen-bond acceptors (Lipinski definition) is 1. The van der Waals surface area contributed by atoms with Crippen molar-refractivity contribution in [3.05, 3.63) is 24.8 Å². The molecular weight excluding hydrogens is 234 g/mol. The molecule has 0 unspecified atom stereocenters. The Kier molecular flexibility index (Phi) is 14.2. The summed E-state index contributed by atoms with van der Waals surface area (Å²) in [4.78, 5) is 11.3. The highest BCUT2D eigenvalue weighted by atomic mass is 16.1. The van der Waals surface area contributed by atoms with Gasteiger partial charge >= 0.3 is 0 Å². The van der Waals surface area contributed by atoms with Gasteiger partial charge in [-0.15, -0.1) is 6.58 Å². The number of carbonyl (C=O) groups is 1. The Labute approximate surface area is 119 Å². The average molecular weight is 265 g/mol. The largest absolute Gasteiger partial charge is 0.353 e. The van der Waals surface area contributed by atoms with E-state index in [9.17, 15) is 4.79 Å². The fourth-order valence-corrected chi connectivity index (χ4v) is 1.91. The topological polar surface area (TPSA) is 29.1 Å². The molecule has 19 heavy (non-hydrogen) atoms. The van der Waals surface area contributed by atoms with E-state index in [0.29, 0.717) is 13.0 Å². The summed E-state index contributed by atoms with van der Waals surface area (Å²) in [5, 5.41) is 2.80. The lowest BCUT2D eigenvalue weighted by Gasteiger charge is -2.02. The Balaban J connectivity index is 3.16. The van der Waals surface area contributed by atoms with Gasteiger partial charge in [0.1, 0.15) is 0 Å². The van der Waals surface area contributed by atoms with Crippen LogP contribution >= 0.6 is 0 Å². The monoisotopic (exact) mass is 265 g/mol. The van der Waals surface area contributed by atoms with Gasteiger partial charge in [-0.2, -0.15) is 0 Å². The Bertz CT molecular complexity index is 246. The van der Waals surface area contributed by atoms with Gasteiger partial charge in [0.25, 0.3) is 0 Å². The molecule has 0 heterocycles. The third-order valence-electron chi connectivity index (χ3n) is 3.11. The van der Waals surface area contributed by atoms with Gasteiger partial charge in [0.2, 0.25) is 5.91 Å². The van der Waals surface area contributed by atoms with Gasteiger partial charge in [0.05, 0.1) is 0 Å². The number of rotatable bonds is 13. The summed E-state index contributed by atoms with van der Waals surface area (Å²) in [6.45, 7) is 6.39. The number of nitrogens with one attached hydrogen (secondary N) is 1. The van der Waals surface area contributed by atoms with Gasteiger partial charge in [-0.05, 0) is 25.7 Å². The van der Waals surface area contributed by atoms with Gasteiger partial charge in [-0.25, -0.2) is 0 Å². The first-order valence-electron chi connectivity index (χ1n) is 7.83. The number of hydrogen-bond donors (Lipinski definition) is 1. The number of amides is 1. The van der Waals surface area contributed by atoms with Crippen LogP contribution in [-0.4, -0.2) is 12.5 Å². The molecule has 0 aromatic carbocycles. The van der Waals surface area contributed by atoms with E-state index in [2.05, 4.69) is 31.0 Å². The van der Waals surface area contributed by atoms with Crippen molar-refractivity contribution < 1.29 is 4.79 Å². The summed E-state index contributed by atoms with van der Waals surface area (Å²) >= 11 is 0. The first-order chi connectivity index (χ1) is 9.31. The molecule has 0 aliphatic carbocycles. The Morgan fingerprint density at radius 1 is 1.00 bits per heavy atom. The fraction of sp³-hybridized carbons (Fsp3) is 0.706. The van der Waals surface area contributed by atoms with Crippen LogP contribution in [0.1, 0.15) is 71.1 Å². The summed E-state index contributed by atoms with van der Waals surface area (Å²) in [5.41, 5.74) is 0. The van der Waals surface area contributed by atoms with Crippen molar-refractivity contribution >= 4 is 5.91 Å². The van der Waals surface area contributed by atoms with Crippen molar-refractivity contribution in [2.45, 2.75) is 71.1 Å². The van der Waals surface area contributed by atoms with E-state index in [0.717, 1.165) is 6.42 Å². The van der Waals surface area contributed by atoms with Crippen LogP contribution in [0.4, 0.5) is 0 Å². The lowest BCUT2D eigenvalue weighted by molar-refractivity contribution is -0.121. The predicted molar refractivity (Wildman–Crippen MR) is 84.2 cm³/mol. The van der Waals surface area contributed by atoms with Crippen LogP contribution in [0.15, 0.2) is 24.8 Å². The van der Waals surface area contributed by atoms with Crippen LogP contribution in [0.5, 0.6) is 0 Å². The molecular formula is C17H31NO. The van der Waals surface area contributed by atoms with E-state index < -0.39 is 0 Å².